The van der Waals surface area contributed by atoms with Gasteiger partial charge in [-0.2, -0.15) is 4.31 Å². The van der Waals surface area contributed by atoms with Gasteiger partial charge in [-0.15, -0.1) is 11.3 Å². The second-order valence-corrected chi connectivity index (χ2v) is 10.00. The standard InChI is InChI=1S/C15H25N3O3S2/c1-11-6-8-18(9-7-11)23(20,21)13-5-4-12(22-13)14(19)17-15(2,3)10-16/h4-5,11H,6-10,16H2,1-3H3,(H,17,19). The van der Waals surface area contributed by atoms with Crippen molar-refractivity contribution in [2.24, 2.45) is 11.7 Å². The summed E-state index contributed by atoms with van der Waals surface area (Å²) in [6.07, 6.45) is 1.76. The van der Waals surface area contributed by atoms with Gasteiger partial charge in [-0.1, -0.05) is 6.92 Å². The zero-order valence-corrected chi connectivity index (χ0v) is 15.5. The molecule has 0 spiro atoms. The number of nitrogens with one attached hydrogen (secondary N) is 1. The van der Waals surface area contributed by atoms with Crippen LogP contribution in [0.3, 0.4) is 0 Å². The van der Waals surface area contributed by atoms with Crippen LogP contribution in [0.25, 0.3) is 0 Å². The van der Waals surface area contributed by atoms with Crippen molar-refractivity contribution in [1.29, 1.82) is 0 Å². The lowest BCUT2D eigenvalue weighted by atomic mass is 10.0. The van der Waals surface area contributed by atoms with Crippen LogP contribution in [0.5, 0.6) is 0 Å². The van der Waals surface area contributed by atoms with Crippen molar-refractivity contribution in [2.45, 2.75) is 43.4 Å². The van der Waals surface area contributed by atoms with Crippen LogP contribution in [0.1, 0.15) is 43.3 Å². The third kappa shape index (κ3) is 4.32. The van der Waals surface area contributed by atoms with Crippen molar-refractivity contribution < 1.29 is 13.2 Å². The molecule has 1 aliphatic heterocycles. The Labute approximate surface area is 142 Å². The normalized spacial score (nSPS) is 18.1. The molecule has 0 saturated carbocycles. The van der Waals surface area contributed by atoms with Gasteiger partial charge < -0.3 is 11.1 Å². The number of amides is 1. The first-order valence-electron chi connectivity index (χ1n) is 7.78. The van der Waals surface area contributed by atoms with Crippen molar-refractivity contribution in [2.75, 3.05) is 19.6 Å². The summed E-state index contributed by atoms with van der Waals surface area (Å²) in [7, 11) is -3.50. The summed E-state index contributed by atoms with van der Waals surface area (Å²) >= 11 is 1.01. The lowest BCUT2D eigenvalue weighted by Gasteiger charge is -2.28. The first kappa shape index (κ1) is 18.4. The molecule has 23 heavy (non-hydrogen) atoms. The molecule has 1 aromatic heterocycles. The van der Waals surface area contributed by atoms with Crippen LogP contribution >= 0.6 is 11.3 Å². The summed E-state index contributed by atoms with van der Waals surface area (Å²) < 4.78 is 27.1. The number of hydrogen-bond donors (Lipinski definition) is 2. The van der Waals surface area contributed by atoms with Gasteiger partial charge >= 0.3 is 0 Å². The molecule has 130 valence electrons. The van der Waals surface area contributed by atoms with Gasteiger partial charge in [0, 0.05) is 25.2 Å². The lowest BCUT2D eigenvalue weighted by molar-refractivity contribution is 0.0920. The number of piperidine rings is 1. The Hall–Kier alpha value is -0.960. The minimum Gasteiger partial charge on any atom is -0.345 e. The van der Waals surface area contributed by atoms with E-state index in [9.17, 15) is 13.2 Å². The Morgan fingerprint density at radius 1 is 1.39 bits per heavy atom. The lowest BCUT2D eigenvalue weighted by Crippen LogP contribution is -2.48. The van der Waals surface area contributed by atoms with Crippen LogP contribution < -0.4 is 11.1 Å². The Morgan fingerprint density at radius 3 is 2.57 bits per heavy atom. The fourth-order valence-electron chi connectivity index (χ4n) is 2.35. The third-order valence-corrected chi connectivity index (χ3v) is 7.55. The van der Waals surface area contributed by atoms with Gasteiger partial charge in [0.05, 0.1) is 4.88 Å². The molecule has 1 aliphatic rings. The van der Waals surface area contributed by atoms with Crippen molar-refractivity contribution in [1.82, 2.24) is 9.62 Å². The van der Waals surface area contributed by atoms with Crippen LogP contribution in [0.4, 0.5) is 0 Å². The number of sulfonamides is 1. The van der Waals surface area contributed by atoms with E-state index < -0.39 is 15.6 Å². The Morgan fingerprint density at radius 2 is 2.00 bits per heavy atom. The zero-order chi connectivity index (χ0) is 17.3. The smallest absolute Gasteiger partial charge is 0.261 e. The first-order chi connectivity index (χ1) is 10.7. The topological polar surface area (TPSA) is 92.5 Å². The van der Waals surface area contributed by atoms with Crippen LogP contribution in [0.15, 0.2) is 16.3 Å². The molecule has 1 aromatic rings. The summed E-state index contributed by atoms with van der Waals surface area (Å²) in [5.41, 5.74) is 5.08. The largest absolute Gasteiger partial charge is 0.345 e. The molecule has 0 aromatic carbocycles. The van der Waals surface area contributed by atoms with E-state index in [0.29, 0.717) is 30.4 Å². The molecule has 0 radical (unpaired) electrons. The molecular weight excluding hydrogens is 334 g/mol. The van der Waals surface area contributed by atoms with Gasteiger partial charge in [-0.05, 0) is 44.7 Å². The SMILES string of the molecule is CC1CCN(S(=O)(=O)c2ccc(C(=O)NC(C)(C)CN)s2)CC1. The quantitative estimate of drug-likeness (QED) is 0.836. The molecule has 3 N–H and O–H groups in total. The maximum absolute atomic E-state index is 12.7. The van der Waals surface area contributed by atoms with Crippen molar-refractivity contribution in [3.8, 4) is 0 Å². The van der Waals surface area contributed by atoms with Crippen molar-refractivity contribution >= 4 is 27.3 Å². The predicted octanol–water partition coefficient (Wildman–Crippen LogP) is 1.64. The maximum Gasteiger partial charge on any atom is 0.261 e. The van der Waals surface area contributed by atoms with E-state index in [2.05, 4.69) is 12.2 Å². The molecule has 1 fully saturated rings. The van der Waals surface area contributed by atoms with E-state index in [-0.39, 0.29) is 10.1 Å². The number of rotatable bonds is 5. The highest BCUT2D eigenvalue weighted by atomic mass is 32.2. The number of nitrogens with two attached hydrogens (primary N) is 1. The van der Waals surface area contributed by atoms with Gasteiger partial charge in [0.15, 0.2) is 0 Å². The van der Waals surface area contributed by atoms with Crippen LogP contribution in [0, 0.1) is 5.92 Å². The summed E-state index contributed by atoms with van der Waals surface area (Å²) in [6.45, 7) is 7.18. The van der Waals surface area contributed by atoms with E-state index >= 15 is 0 Å². The van der Waals surface area contributed by atoms with Gasteiger partial charge in [0.2, 0.25) is 0 Å². The summed E-state index contributed by atoms with van der Waals surface area (Å²) in [6, 6.07) is 3.08. The van der Waals surface area contributed by atoms with Crippen LogP contribution in [-0.2, 0) is 10.0 Å². The fourth-order valence-corrected chi connectivity index (χ4v) is 5.18. The van der Waals surface area contributed by atoms with E-state index in [4.69, 9.17) is 5.73 Å². The molecule has 0 bridgehead atoms. The molecule has 0 atom stereocenters. The van der Waals surface area contributed by atoms with Crippen LogP contribution in [-0.4, -0.2) is 43.8 Å². The minimum absolute atomic E-state index is 0.225. The van der Waals surface area contributed by atoms with Crippen LogP contribution in [0.2, 0.25) is 0 Å². The highest BCUT2D eigenvalue weighted by Gasteiger charge is 2.30. The Bertz CT molecular complexity index is 659. The molecule has 1 saturated heterocycles. The molecule has 8 heteroatoms. The molecule has 2 rings (SSSR count). The Kier molecular flexibility index (Phi) is 5.50. The highest BCUT2D eigenvalue weighted by molar-refractivity contribution is 7.91. The number of carbonyl (C=O) groups excluding carboxylic acids is 1. The van der Waals surface area contributed by atoms with Crippen molar-refractivity contribution in [3.63, 3.8) is 0 Å². The number of hydrogen-bond acceptors (Lipinski definition) is 5. The zero-order valence-electron chi connectivity index (χ0n) is 13.8. The number of carbonyl (C=O) groups is 1. The van der Waals surface area contributed by atoms with E-state index in [1.807, 2.05) is 13.8 Å². The minimum atomic E-state index is -3.50. The van der Waals surface area contributed by atoms with E-state index in [1.54, 1.807) is 6.07 Å². The predicted molar refractivity (Wildman–Crippen MR) is 92.1 cm³/mol. The average Bonchev–Trinajstić information content (AvgIpc) is 2.98. The van der Waals surface area contributed by atoms with Gasteiger partial charge in [-0.25, -0.2) is 8.42 Å². The van der Waals surface area contributed by atoms with E-state index in [1.165, 1.54) is 10.4 Å². The van der Waals surface area contributed by atoms with Gasteiger partial charge in [0.1, 0.15) is 4.21 Å². The summed E-state index contributed by atoms with van der Waals surface area (Å²) in [4.78, 5) is 12.6. The molecule has 1 amide bonds. The number of nitrogens with zero attached hydrogens (tertiary/aromatic N) is 1. The maximum atomic E-state index is 12.7. The fraction of sp³-hybridized carbons (Fsp3) is 0.667. The monoisotopic (exact) mass is 359 g/mol. The van der Waals surface area contributed by atoms with E-state index in [0.717, 1.165) is 24.2 Å². The average molecular weight is 360 g/mol. The molecule has 0 aliphatic carbocycles. The molecule has 2 heterocycles. The first-order valence-corrected chi connectivity index (χ1v) is 10.0. The molecule has 6 nitrogen and oxygen atoms in total. The second kappa shape index (κ2) is 6.88. The van der Waals surface area contributed by atoms with Gasteiger partial charge in [0.25, 0.3) is 15.9 Å². The summed E-state index contributed by atoms with van der Waals surface area (Å²) in [5, 5.41) is 2.81. The third-order valence-electron chi connectivity index (χ3n) is 4.10. The number of thiophene rings is 1. The summed E-state index contributed by atoms with van der Waals surface area (Å²) in [5.74, 6) is 0.267. The van der Waals surface area contributed by atoms with Gasteiger partial charge in [-0.3, -0.25) is 4.79 Å². The molecular formula is C15H25N3O3S2. The highest BCUT2D eigenvalue weighted by Crippen LogP contribution is 2.28. The Balaban J connectivity index is 2.13. The second-order valence-electron chi connectivity index (χ2n) is 6.75. The van der Waals surface area contributed by atoms with Crippen molar-refractivity contribution in [3.05, 3.63) is 17.0 Å². The molecule has 0 unspecified atom stereocenters.